The van der Waals surface area contributed by atoms with Gasteiger partial charge in [0.15, 0.2) is 0 Å². The van der Waals surface area contributed by atoms with E-state index in [0.29, 0.717) is 29.1 Å². The molecule has 0 saturated carbocycles. The van der Waals surface area contributed by atoms with E-state index >= 15 is 0 Å². The van der Waals surface area contributed by atoms with Gasteiger partial charge in [-0.15, -0.1) is 0 Å². The Labute approximate surface area is 172 Å². The zero-order valence-electron chi connectivity index (χ0n) is 15.6. The predicted molar refractivity (Wildman–Crippen MR) is 115 cm³/mol. The standard InChI is InChI=1S/C22H20BrN3O2/c1-3-21(27)25-17-8-5-9-18(13-17)26-22(28)19-10-11-20(24-14(19)2)15-6-4-7-16(23)12-15/h4-13H,3H2,1-2H3,(H,25,27)(H,26,28). The van der Waals surface area contributed by atoms with Crippen LogP contribution in [0.15, 0.2) is 65.1 Å². The summed E-state index contributed by atoms with van der Waals surface area (Å²) in [7, 11) is 0. The fourth-order valence-electron chi connectivity index (χ4n) is 2.73. The maximum atomic E-state index is 12.7. The minimum absolute atomic E-state index is 0.0772. The normalized spacial score (nSPS) is 10.4. The van der Waals surface area contributed by atoms with Crippen molar-refractivity contribution in [2.45, 2.75) is 20.3 Å². The summed E-state index contributed by atoms with van der Waals surface area (Å²) in [6.07, 6.45) is 0.395. The molecule has 1 heterocycles. The van der Waals surface area contributed by atoms with Crippen LogP contribution in [0.5, 0.6) is 0 Å². The molecule has 2 amide bonds. The highest BCUT2D eigenvalue weighted by atomic mass is 79.9. The van der Waals surface area contributed by atoms with Gasteiger partial charge in [-0.2, -0.15) is 0 Å². The van der Waals surface area contributed by atoms with Gasteiger partial charge in [-0.1, -0.05) is 41.1 Å². The number of halogens is 1. The number of nitrogens with zero attached hydrogens (tertiary/aromatic N) is 1. The molecule has 0 unspecified atom stereocenters. The molecular weight excluding hydrogens is 418 g/mol. The lowest BCUT2D eigenvalue weighted by atomic mass is 10.1. The van der Waals surface area contributed by atoms with E-state index in [1.165, 1.54) is 0 Å². The number of carbonyl (C=O) groups is 2. The Morgan fingerprint density at radius 3 is 2.36 bits per heavy atom. The summed E-state index contributed by atoms with van der Waals surface area (Å²) in [5.41, 5.74) is 4.18. The van der Waals surface area contributed by atoms with Crippen LogP contribution in [0.2, 0.25) is 0 Å². The molecule has 2 aromatic carbocycles. The number of benzene rings is 2. The minimum Gasteiger partial charge on any atom is -0.326 e. The molecular formula is C22H20BrN3O2. The van der Waals surface area contributed by atoms with Crippen LogP contribution in [-0.2, 0) is 4.79 Å². The molecule has 0 radical (unpaired) electrons. The fourth-order valence-corrected chi connectivity index (χ4v) is 3.13. The number of aromatic nitrogens is 1. The van der Waals surface area contributed by atoms with Gasteiger partial charge < -0.3 is 10.6 Å². The summed E-state index contributed by atoms with van der Waals surface area (Å²) >= 11 is 3.46. The van der Waals surface area contributed by atoms with Crippen LogP contribution in [0.1, 0.15) is 29.4 Å². The number of rotatable bonds is 5. The molecule has 0 saturated heterocycles. The van der Waals surface area contributed by atoms with Crippen LogP contribution < -0.4 is 10.6 Å². The van der Waals surface area contributed by atoms with E-state index in [0.717, 1.165) is 15.7 Å². The third-order valence-corrected chi connectivity index (χ3v) is 4.67. The van der Waals surface area contributed by atoms with Crippen molar-refractivity contribution in [1.82, 2.24) is 4.98 Å². The van der Waals surface area contributed by atoms with Gasteiger partial charge in [0.2, 0.25) is 5.91 Å². The smallest absolute Gasteiger partial charge is 0.257 e. The van der Waals surface area contributed by atoms with Crippen molar-refractivity contribution in [2.75, 3.05) is 10.6 Å². The van der Waals surface area contributed by atoms with Crippen LogP contribution in [0.4, 0.5) is 11.4 Å². The first-order valence-corrected chi connectivity index (χ1v) is 9.70. The van der Waals surface area contributed by atoms with Gasteiger partial charge in [0.1, 0.15) is 0 Å². The van der Waals surface area contributed by atoms with E-state index in [9.17, 15) is 9.59 Å². The highest BCUT2D eigenvalue weighted by molar-refractivity contribution is 9.10. The van der Waals surface area contributed by atoms with Crippen LogP contribution >= 0.6 is 15.9 Å². The molecule has 5 nitrogen and oxygen atoms in total. The number of carbonyl (C=O) groups excluding carboxylic acids is 2. The van der Waals surface area contributed by atoms with Crippen LogP contribution in [0.3, 0.4) is 0 Å². The Hall–Kier alpha value is -2.99. The Balaban J connectivity index is 1.78. The number of pyridine rings is 1. The van der Waals surface area contributed by atoms with Gasteiger partial charge in [-0.3, -0.25) is 14.6 Å². The van der Waals surface area contributed by atoms with Crippen molar-refractivity contribution in [3.63, 3.8) is 0 Å². The van der Waals surface area contributed by atoms with Crippen LogP contribution in [0, 0.1) is 6.92 Å². The molecule has 0 fully saturated rings. The number of hydrogen-bond acceptors (Lipinski definition) is 3. The monoisotopic (exact) mass is 437 g/mol. The van der Waals surface area contributed by atoms with Gasteiger partial charge in [0.25, 0.3) is 5.91 Å². The maximum absolute atomic E-state index is 12.7. The molecule has 3 aromatic rings. The molecule has 0 aliphatic carbocycles. The lowest BCUT2D eigenvalue weighted by Gasteiger charge is -2.11. The van der Waals surface area contributed by atoms with Crippen molar-refractivity contribution in [3.05, 3.63) is 76.4 Å². The minimum atomic E-state index is -0.246. The summed E-state index contributed by atoms with van der Waals surface area (Å²) in [6, 6.07) is 18.5. The zero-order valence-corrected chi connectivity index (χ0v) is 17.2. The number of nitrogens with one attached hydrogen (secondary N) is 2. The van der Waals surface area contributed by atoms with E-state index in [1.807, 2.05) is 37.3 Å². The largest absolute Gasteiger partial charge is 0.326 e. The molecule has 0 aliphatic heterocycles. The Kier molecular flexibility index (Phi) is 6.21. The van der Waals surface area contributed by atoms with E-state index in [1.54, 1.807) is 37.3 Å². The van der Waals surface area contributed by atoms with Gasteiger partial charge in [-0.25, -0.2) is 0 Å². The summed E-state index contributed by atoms with van der Waals surface area (Å²) in [5.74, 6) is -0.323. The number of amides is 2. The zero-order chi connectivity index (χ0) is 20.1. The highest BCUT2D eigenvalue weighted by Crippen LogP contribution is 2.23. The van der Waals surface area contributed by atoms with Crippen LogP contribution in [-0.4, -0.2) is 16.8 Å². The lowest BCUT2D eigenvalue weighted by molar-refractivity contribution is -0.115. The number of anilines is 2. The molecule has 0 spiro atoms. The highest BCUT2D eigenvalue weighted by Gasteiger charge is 2.12. The maximum Gasteiger partial charge on any atom is 0.257 e. The fraction of sp³-hybridized carbons (Fsp3) is 0.136. The predicted octanol–water partition coefficient (Wildman–Crippen LogP) is 5.42. The topological polar surface area (TPSA) is 71.1 Å². The lowest BCUT2D eigenvalue weighted by Crippen LogP contribution is -2.15. The van der Waals surface area contributed by atoms with Gasteiger partial charge in [-0.05, 0) is 49.4 Å². The average molecular weight is 438 g/mol. The SMILES string of the molecule is CCC(=O)Nc1cccc(NC(=O)c2ccc(-c3cccc(Br)c3)nc2C)c1. The second-order valence-corrected chi connectivity index (χ2v) is 7.19. The third kappa shape index (κ3) is 4.84. The molecule has 6 heteroatoms. The summed E-state index contributed by atoms with van der Waals surface area (Å²) < 4.78 is 0.973. The molecule has 28 heavy (non-hydrogen) atoms. The molecule has 0 aliphatic rings. The number of hydrogen-bond donors (Lipinski definition) is 2. The van der Waals surface area contributed by atoms with Gasteiger partial charge in [0, 0.05) is 27.8 Å². The average Bonchev–Trinajstić information content (AvgIpc) is 2.68. The first kappa shape index (κ1) is 19.8. The Bertz CT molecular complexity index is 1030. The molecule has 1 aromatic heterocycles. The summed E-state index contributed by atoms with van der Waals surface area (Å²) in [4.78, 5) is 28.8. The van der Waals surface area contributed by atoms with Crippen molar-refractivity contribution in [3.8, 4) is 11.3 Å². The third-order valence-electron chi connectivity index (χ3n) is 4.18. The quantitative estimate of drug-likeness (QED) is 0.559. The second kappa shape index (κ2) is 8.80. The molecule has 142 valence electrons. The van der Waals surface area contributed by atoms with Crippen molar-refractivity contribution < 1.29 is 9.59 Å². The molecule has 0 bridgehead atoms. The van der Waals surface area contributed by atoms with Crippen LogP contribution in [0.25, 0.3) is 11.3 Å². The van der Waals surface area contributed by atoms with E-state index in [2.05, 4.69) is 31.5 Å². The van der Waals surface area contributed by atoms with Gasteiger partial charge >= 0.3 is 0 Å². The second-order valence-electron chi connectivity index (χ2n) is 6.28. The van der Waals surface area contributed by atoms with Gasteiger partial charge in [0.05, 0.1) is 17.0 Å². The number of aryl methyl sites for hydroxylation is 1. The molecule has 3 rings (SSSR count). The van der Waals surface area contributed by atoms with E-state index in [-0.39, 0.29) is 11.8 Å². The van der Waals surface area contributed by atoms with E-state index in [4.69, 9.17) is 0 Å². The van der Waals surface area contributed by atoms with E-state index < -0.39 is 0 Å². The Morgan fingerprint density at radius 2 is 1.68 bits per heavy atom. The molecule has 2 N–H and O–H groups in total. The van der Waals surface area contributed by atoms with Crippen molar-refractivity contribution in [1.29, 1.82) is 0 Å². The van der Waals surface area contributed by atoms with Crippen molar-refractivity contribution >= 4 is 39.1 Å². The molecule has 0 atom stereocenters. The summed E-state index contributed by atoms with van der Waals surface area (Å²) in [5, 5.41) is 5.64. The Morgan fingerprint density at radius 1 is 0.964 bits per heavy atom. The first-order valence-electron chi connectivity index (χ1n) is 8.91. The van der Waals surface area contributed by atoms with Crippen molar-refractivity contribution in [2.24, 2.45) is 0 Å². The summed E-state index contributed by atoms with van der Waals surface area (Å²) in [6.45, 7) is 3.60. The first-order chi connectivity index (χ1) is 13.5.